The highest BCUT2D eigenvalue weighted by Crippen LogP contribution is 2.19. The number of anilines is 1. The fraction of sp³-hybridized carbons (Fsp3) is 0.389. The number of benzene rings is 1. The molecule has 0 bridgehead atoms. The van der Waals surface area contributed by atoms with E-state index < -0.39 is 0 Å². The number of nitrogens with one attached hydrogen (secondary N) is 4. The van der Waals surface area contributed by atoms with Crippen LogP contribution in [0.15, 0.2) is 34.6 Å². The normalized spacial score (nSPS) is 17.9. The highest BCUT2D eigenvalue weighted by molar-refractivity contribution is 6.02. The van der Waals surface area contributed by atoms with E-state index >= 15 is 0 Å². The number of aliphatic imine (C=N–C) groups is 1. The minimum atomic E-state index is -0.182. The molecule has 8 nitrogen and oxygen atoms in total. The number of rotatable bonds is 6. The maximum Gasteiger partial charge on any atom is 0.251 e. The molecule has 0 spiro atoms. The van der Waals surface area contributed by atoms with Crippen LogP contribution < -0.4 is 27.0 Å². The summed E-state index contributed by atoms with van der Waals surface area (Å²) in [5, 5.41) is 21.5. The molecule has 1 saturated heterocycles. The van der Waals surface area contributed by atoms with Crippen LogP contribution in [0.4, 0.5) is 5.69 Å². The molecule has 0 unspecified atom stereocenters. The smallest absolute Gasteiger partial charge is 0.251 e. The molecule has 2 rings (SSSR count). The summed E-state index contributed by atoms with van der Waals surface area (Å²) in [5.74, 6) is 0.452. The van der Waals surface area contributed by atoms with Gasteiger partial charge in [-0.2, -0.15) is 5.26 Å². The van der Waals surface area contributed by atoms with Gasteiger partial charge in [-0.3, -0.25) is 9.79 Å². The fourth-order valence-corrected chi connectivity index (χ4v) is 2.68. The van der Waals surface area contributed by atoms with Crippen molar-refractivity contribution >= 4 is 17.4 Å². The summed E-state index contributed by atoms with van der Waals surface area (Å²) in [5.41, 5.74) is 8.47. The standard InChI is InChI=1S/C18H25N7O/c1-11-4-5-12(18(26)22-3)8-15(11)25-17(21-2)14(9-19)16(20)24-13-6-7-23-10-13/h4-5,8,13,21,23,25H,6-7,10H2,1-3H3,(H2,20,24)(H,22,26)/b17-14+/t13-/m1/s1. The lowest BCUT2D eigenvalue weighted by Crippen LogP contribution is -2.27. The molecule has 1 aromatic carbocycles. The molecule has 1 aromatic rings. The highest BCUT2D eigenvalue weighted by Gasteiger charge is 2.17. The molecular formula is C18H25N7O. The van der Waals surface area contributed by atoms with Crippen molar-refractivity contribution in [1.82, 2.24) is 16.0 Å². The zero-order valence-electron chi connectivity index (χ0n) is 15.3. The van der Waals surface area contributed by atoms with Gasteiger partial charge in [0, 0.05) is 31.9 Å². The number of hydrogen-bond acceptors (Lipinski definition) is 6. The summed E-state index contributed by atoms with van der Waals surface area (Å²) >= 11 is 0. The third-order valence-electron chi connectivity index (χ3n) is 4.21. The highest BCUT2D eigenvalue weighted by atomic mass is 16.1. The predicted octanol–water partition coefficient (Wildman–Crippen LogP) is 0.440. The average Bonchev–Trinajstić information content (AvgIpc) is 3.15. The van der Waals surface area contributed by atoms with E-state index in [4.69, 9.17) is 5.73 Å². The second kappa shape index (κ2) is 8.87. The van der Waals surface area contributed by atoms with Crippen LogP contribution in [0.1, 0.15) is 22.3 Å². The molecule has 138 valence electrons. The van der Waals surface area contributed by atoms with E-state index in [1.54, 1.807) is 26.2 Å². The number of hydrogen-bond donors (Lipinski definition) is 5. The van der Waals surface area contributed by atoms with Crippen LogP contribution in [-0.2, 0) is 0 Å². The Kier molecular flexibility index (Phi) is 6.58. The van der Waals surface area contributed by atoms with Crippen LogP contribution in [0.2, 0.25) is 0 Å². The molecular weight excluding hydrogens is 330 g/mol. The van der Waals surface area contributed by atoms with E-state index in [2.05, 4.69) is 32.3 Å². The minimum Gasteiger partial charge on any atom is -0.383 e. The molecule has 1 fully saturated rings. The van der Waals surface area contributed by atoms with E-state index in [-0.39, 0.29) is 23.4 Å². The first-order valence-corrected chi connectivity index (χ1v) is 8.46. The topological polar surface area (TPSA) is 127 Å². The van der Waals surface area contributed by atoms with E-state index in [0.29, 0.717) is 17.1 Å². The van der Waals surface area contributed by atoms with Gasteiger partial charge >= 0.3 is 0 Å². The van der Waals surface area contributed by atoms with Crippen molar-refractivity contribution in [3.8, 4) is 6.07 Å². The molecule has 1 aliphatic heterocycles. The molecule has 0 aliphatic carbocycles. The Balaban J connectivity index is 2.35. The molecule has 1 aliphatic rings. The number of aryl methyl sites for hydroxylation is 1. The molecule has 0 aromatic heterocycles. The van der Waals surface area contributed by atoms with Crippen LogP contribution in [0, 0.1) is 18.3 Å². The average molecular weight is 355 g/mol. The molecule has 1 atom stereocenters. The van der Waals surface area contributed by atoms with Crippen LogP contribution in [0.3, 0.4) is 0 Å². The van der Waals surface area contributed by atoms with Crippen LogP contribution in [0.5, 0.6) is 0 Å². The van der Waals surface area contributed by atoms with E-state index in [9.17, 15) is 10.1 Å². The van der Waals surface area contributed by atoms with Crippen molar-refractivity contribution in [2.45, 2.75) is 19.4 Å². The molecule has 8 heteroatoms. The fourth-order valence-electron chi connectivity index (χ4n) is 2.68. The molecule has 0 radical (unpaired) electrons. The van der Waals surface area contributed by atoms with Gasteiger partial charge in [-0.25, -0.2) is 0 Å². The largest absolute Gasteiger partial charge is 0.383 e. The second-order valence-corrected chi connectivity index (χ2v) is 6.01. The summed E-state index contributed by atoms with van der Waals surface area (Å²) in [7, 11) is 3.28. The monoisotopic (exact) mass is 355 g/mol. The van der Waals surface area contributed by atoms with Gasteiger partial charge in [-0.15, -0.1) is 0 Å². The Hall–Kier alpha value is -3.05. The minimum absolute atomic E-state index is 0.0785. The predicted molar refractivity (Wildman–Crippen MR) is 103 cm³/mol. The van der Waals surface area contributed by atoms with Crippen LogP contribution >= 0.6 is 0 Å². The summed E-state index contributed by atoms with van der Waals surface area (Å²) in [4.78, 5) is 16.3. The first-order chi connectivity index (χ1) is 12.5. The maximum absolute atomic E-state index is 11.9. The van der Waals surface area contributed by atoms with Crippen molar-refractivity contribution in [1.29, 1.82) is 5.26 Å². The van der Waals surface area contributed by atoms with Gasteiger partial charge in [0.05, 0.1) is 6.04 Å². The summed E-state index contributed by atoms with van der Waals surface area (Å²) in [6.45, 7) is 3.57. The van der Waals surface area contributed by atoms with Crippen LogP contribution in [0.25, 0.3) is 0 Å². The third kappa shape index (κ3) is 4.52. The molecule has 1 amide bonds. The lowest BCUT2D eigenvalue weighted by molar-refractivity contribution is 0.0963. The Morgan fingerprint density at radius 2 is 2.15 bits per heavy atom. The Bertz CT molecular complexity index is 770. The van der Waals surface area contributed by atoms with Crippen molar-refractivity contribution in [2.24, 2.45) is 10.7 Å². The number of carbonyl (C=O) groups is 1. The maximum atomic E-state index is 11.9. The van der Waals surface area contributed by atoms with Gasteiger partial charge in [-0.05, 0) is 37.6 Å². The van der Waals surface area contributed by atoms with Gasteiger partial charge in [0.1, 0.15) is 23.3 Å². The van der Waals surface area contributed by atoms with Crippen molar-refractivity contribution < 1.29 is 4.79 Å². The summed E-state index contributed by atoms with van der Waals surface area (Å²) < 4.78 is 0. The molecule has 1 heterocycles. The molecule has 6 N–H and O–H groups in total. The molecule has 0 saturated carbocycles. The second-order valence-electron chi connectivity index (χ2n) is 6.01. The zero-order chi connectivity index (χ0) is 19.1. The Morgan fingerprint density at radius 3 is 2.73 bits per heavy atom. The number of nitrogens with two attached hydrogens (primary N) is 1. The lowest BCUT2D eigenvalue weighted by atomic mass is 10.1. The first kappa shape index (κ1) is 19.3. The number of nitrogens with zero attached hydrogens (tertiary/aromatic N) is 2. The van der Waals surface area contributed by atoms with Gasteiger partial charge < -0.3 is 27.0 Å². The van der Waals surface area contributed by atoms with Gasteiger partial charge in [-0.1, -0.05) is 6.07 Å². The van der Waals surface area contributed by atoms with Crippen LogP contribution in [-0.4, -0.2) is 45.0 Å². The van der Waals surface area contributed by atoms with Crippen molar-refractivity contribution in [3.63, 3.8) is 0 Å². The quantitative estimate of drug-likeness (QED) is 0.286. The van der Waals surface area contributed by atoms with Gasteiger partial charge in [0.25, 0.3) is 5.91 Å². The van der Waals surface area contributed by atoms with E-state index in [1.165, 1.54) is 0 Å². The Morgan fingerprint density at radius 1 is 1.38 bits per heavy atom. The zero-order valence-corrected chi connectivity index (χ0v) is 15.3. The first-order valence-electron chi connectivity index (χ1n) is 8.46. The van der Waals surface area contributed by atoms with Crippen molar-refractivity contribution in [2.75, 3.05) is 32.5 Å². The number of amides is 1. The third-order valence-corrected chi connectivity index (χ3v) is 4.21. The van der Waals surface area contributed by atoms with Crippen molar-refractivity contribution in [3.05, 3.63) is 40.7 Å². The number of nitriles is 1. The van der Waals surface area contributed by atoms with Gasteiger partial charge in [0.15, 0.2) is 0 Å². The summed E-state index contributed by atoms with van der Waals surface area (Å²) in [6, 6.07) is 7.51. The SMILES string of the molecule is CNC(=O)c1ccc(C)c(N/C(NC)=C(\C#N)C(N)=N[C@@H]2CCNC2)c1. The van der Waals surface area contributed by atoms with Gasteiger partial charge in [0.2, 0.25) is 0 Å². The number of amidine groups is 1. The molecule has 26 heavy (non-hydrogen) atoms. The van der Waals surface area contributed by atoms with E-state index in [1.807, 2.05) is 13.0 Å². The number of carbonyl (C=O) groups excluding carboxylic acids is 1. The summed E-state index contributed by atoms with van der Waals surface area (Å²) in [6.07, 6.45) is 0.898. The van der Waals surface area contributed by atoms with E-state index in [0.717, 1.165) is 25.1 Å². The Labute approximate surface area is 153 Å². The lowest BCUT2D eigenvalue weighted by Gasteiger charge is -2.16.